The van der Waals surface area contributed by atoms with Crippen molar-refractivity contribution in [1.82, 2.24) is 25.1 Å². The van der Waals surface area contributed by atoms with Crippen LogP contribution in [0.1, 0.15) is 45.2 Å². The molecule has 212 valence electrons. The van der Waals surface area contributed by atoms with Crippen LogP contribution < -0.4 is 5.32 Å². The van der Waals surface area contributed by atoms with Gasteiger partial charge in [-0.2, -0.15) is 5.01 Å². The molecule has 0 aromatic heterocycles. The highest BCUT2D eigenvalue weighted by Gasteiger charge is 2.52. The summed E-state index contributed by atoms with van der Waals surface area (Å²) < 4.78 is 0. The molecule has 1 aromatic carbocycles. The molecule has 9 nitrogen and oxygen atoms in total. The van der Waals surface area contributed by atoms with Crippen LogP contribution in [0.5, 0.6) is 0 Å². The number of benzene rings is 1. The first kappa shape index (κ1) is 29.0. The molecular formula is C31H40N6O3. The molecule has 4 rings (SSSR count). The van der Waals surface area contributed by atoms with Gasteiger partial charge in [-0.1, -0.05) is 80.6 Å². The second-order valence-electron chi connectivity index (χ2n) is 10.7. The Morgan fingerprint density at radius 3 is 2.67 bits per heavy atom. The fraction of sp³-hybridized carbons (Fsp3) is 0.419. The molecule has 3 aliphatic rings. The summed E-state index contributed by atoms with van der Waals surface area (Å²) in [6.07, 6.45) is 14.8. The molecule has 1 aromatic rings. The van der Waals surface area contributed by atoms with Gasteiger partial charge in [0, 0.05) is 18.5 Å². The zero-order chi connectivity index (χ0) is 28.7. The number of nitrogens with zero attached hydrogens (tertiary/aromatic N) is 5. The van der Waals surface area contributed by atoms with Gasteiger partial charge in [0.2, 0.25) is 5.91 Å². The van der Waals surface area contributed by atoms with Crippen LogP contribution in [0, 0.1) is 5.41 Å². The predicted molar refractivity (Wildman–Crippen MR) is 157 cm³/mol. The molecule has 1 N–H and O–H groups in total. The van der Waals surface area contributed by atoms with Crippen LogP contribution in [0.4, 0.5) is 4.79 Å². The number of fused-ring (bicyclic) bond motifs is 1. The molecule has 0 saturated carbocycles. The van der Waals surface area contributed by atoms with Gasteiger partial charge in [-0.15, -0.1) is 0 Å². The fourth-order valence-corrected chi connectivity index (χ4v) is 5.43. The van der Waals surface area contributed by atoms with Gasteiger partial charge in [0.1, 0.15) is 12.2 Å². The van der Waals surface area contributed by atoms with Gasteiger partial charge >= 0.3 is 6.03 Å². The number of carbonyl (C=O) groups excluding carboxylic acids is 3. The normalized spacial score (nSPS) is 25.0. The Morgan fingerprint density at radius 2 is 2.02 bits per heavy atom. The number of hydrogen-bond donors (Lipinski definition) is 1. The number of hydrazine groups is 1. The molecule has 1 unspecified atom stereocenters. The number of aliphatic imine (C=N–C) groups is 1. The lowest BCUT2D eigenvalue weighted by Crippen LogP contribution is -2.63. The highest BCUT2D eigenvalue weighted by atomic mass is 16.2. The summed E-state index contributed by atoms with van der Waals surface area (Å²) in [7, 11) is 0. The summed E-state index contributed by atoms with van der Waals surface area (Å²) in [5.74, 6) is -0.358. The Balaban J connectivity index is 1.64. The number of urea groups is 1. The number of carbonyl (C=O) groups is 3. The number of hydrogen-bond acceptors (Lipinski definition) is 5. The Kier molecular flexibility index (Phi) is 9.37. The lowest BCUT2D eigenvalue weighted by atomic mass is 9.84. The topological polar surface area (TPSA) is 88.6 Å². The van der Waals surface area contributed by atoms with Gasteiger partial charge in [-0.3, -0.25) is 19.6 Å². The van der Waals surface area contributed by atoms with Crippen LogP contribution in [-0.2, 0) is 9.59 Å². The summed E-state index contributed by atoms with van der Waals surface area (Å²) in [5, 5.41) is 6.57. The number of amides is 4. The smallest absolute Gasteiger partial charge is 0.332 e. The minimum absolute atomic E-state index is 0.0173. The quantitative estimate of drug-likeness (QED) is 0.356. The first-order valence-electron chi connectivity index (χ1n) is 13.9. The lowest BCUT2D eigenvalue weighted by Gasteiger charge is -2.46. The van der Waals surface area contributed by atoms with Gasteiger partial charge in [-0.25, -0.2) is 4.79 Å². The Morgan fingerprint density at radius 1 is 1.25 bits per heavy atom. The minimum Gasteiger partial charge on any atom is -0.336 e. The van der Waals surface area contributed by atoms with E-state index < -0.39 is 12.2 Å². The van der Waals surface area contributed by atoms with E-state index in [0.29, 0.717) is 25.2 Å². The van der Waals surface area contributed by atoms with Crippen molar-refractivity contribution >= 4 is 24.6 Å². The molecule has 0 spiro atoms. The molecule has 40 heavy (non-hydrogen) atoms. The van der Waals surface area contributed by atoms with E-state index in [2.05, 4.69) is 36.1 Å². The second-order valence-corrected chi connectivity index (χ2v) is 10.7. The maximum Gasteiger partial charge on any atom is 0.332 e. The van der Waals surface area contributed by atoms with E-state index in [4.69, 9.17) is 0 Å². The van der Waals surface area contributed by atoms with Crippen molar-refractivity contribution in [3.8, 4) is 0 Å². The highest BCUT2D eigenvalue weighted by Crippen LogP contribution is 2.36. The third kappa shape index (κ3) is 6.25. The van der Waals surface area contributed by atoms with Gasteiger partial charge in [0.05, 0.1) is 25.3 Å². The molecule has 2 fully saturated rings. The molecule has 9 heteroatoms. The molecular weight excluding hydrogens is 504 g/mol. The van der Waals surface area contributed by atoms with E-state index in [0.717, 1.165) is 12.0 Å². The van der Waals surface area contributed by atoms with Crippen molar-refractivity contribution in [3.63, 3.8) is 0 Å². The summed E-state index contributed by atoms with van der Waals surface area (Å²) in [5.41, 5.74) is 1.21. The lowest BCUT2D eigenvalue weighted by molar-refractivity contribution is -0.157. The Bertz CT molecular complexity index is 1220. The van der Waals surface area contributed by atoms with Crippen LogP contribution in [0.3, 0.4) is 0 Å². The standard InChI is InChI=1S/C31H40N6O3/c1-5-7-16-25(32-4)20-34-21-26-36(22-27(38)37(26)28(29(34)39)24-14-10-8-11-15-24)35(19-6-2)30(40)33-23-31(3)17-12-9-13-18-31/h5,7-17,26,28H,4,6,18-23H2,1-3H3,(H,33,40)/b7-5-,25-16-/t26-,28+,31?/m1/s1. The molecule has 2 heterocycles. The van der Waals surface area contributed by atoms with E-state index in [-0.39, 0.29) is 42.9 Å². The second kappa shape index (κ2) is 12.9. The van der Waals surface area contributed by atoms with Gasteiger partial charge in [-0.05, 0) is 38.1 Å². The predicted octanol–water partition coefficient (Wildman–Crippen LogP) is 4.06. The van der Waals surface area contributed by atoms with Crippen LogP contribution in [0.25, 0.3) is 0 Å². The summed E-state index contributed by atoms with van der Waals surface area (Å²) in [4.78, 5) is 48.5. The maximum absolute atomic E-state index is 13.9. The maximum atomic E-state index is 13.9. The van der Waals surface area contributed by atoms with E-state index in [1.54, 1.807) is 14.8 Å². The van der Waals surface area contributed by atoms with Crippen LogP contribution in [0.15, 0.2) is 83.6 Å². The summed E-state index contributed by atoms with van der Waals surface area (Å²) in [6, 6.07) is 8.30. The molecule has 2 saturated heterocycles. The molecule has 1 aliphatic carbocycles. The molecule has 2 aliphatic heterocycles. The zero-order valence-electron chi connectivity index (χ0n) is 23.7. The Hall–Kier alpha value is -3.98. The average Bonchev–Trinajstić information content (AvgIpc) is 3.28. The van der Waals surface area contributed by atoms with Gasteiger partial charge in [0.25, 0.3) is 5.91 Å². The third-order valence-corrected chi connectivity index (χ3v) is 7.56. The largest absolute Gasteiger partial charge is 0.336 e. The van der Waals surface area contributed by atoms with Crippen molar-refractivity contribution in [3.05, 3.63) is 84.1 Å². The molecule has 0 bridgehead atoms. The van der Waals surface area contributed by atoms with Crippen molar-refractivity contribution in [2.75, 3.05) is 32.7 Å². The van der Waals surface area contributed by atoms with E-state index >= 15 is 0 Å². The van der Waals surface area contributed by atoms with E-state index in [1.807, 2.05) is 79.6 Å². The van der Waals surface area contributed by atoms with Gasteiger partial charge < -0.3 is 15.1 Å². The van der Waals surface area contributed by atoms with Crippen molar-refractivity contribution in [1.29, 1.82) is 0 Å². The molecule has 4 amide bonds. The Labute approximate surface area is 237 Å². The van der Waals surface area contributed by atoms with Crippen LogP contribution in [0.2, 0.25) is 0 Å². The zero-order valence-corrected chi connectivity index (χ0v) is 23.7. The van der Waals surface area contributed by atoms with Crippen molar-refractivity contribution in [2.45, 2.75) is 45.8 Å². The molecule has 3 atom stereocenters. The van der Waals surface area contributed by atoms with Gasteiger partial charge in [0.15, 0.2) is 0 Å². The number of rotatable bonds is 10. The SMILES string of the molecule is C=N/C(=C\C=C/C)CN1C[C@H]2N(C(=O)CN2N(CCC)C(=O)NCC2(C)C=CC=CC2)[C@@H](c2ccccc2)C1=O. The number of nitrogens with one attached hydrogen (secondary N) is 1. The van der Waals surface area contributed by atoms with E-state index in [1.165, 1.54) is 0 Å². The average molecular weight is 545 g/mol. The summed E-state index contributed by atoms with van der Waals surface area (Å²) in [6.45, 7) is 11.1. The van der Waals surface area contributed by atoms with Crippen LogP contribution in [-0.4, -0.2) is 83.3 Å². The monoisotopic (exact) mass is 544 g/mol. The fourth-order valence-electron chi connectivity index (χ4n) is 5.43. The molecule has 0 radical (unpaired) electrons. The van der Waals surface area contributed by atoms with Crippen molar-refractivity contribution in [2.24, 2.45) is 10.4 Å². The van der Waals surface area contributed by atoms with Crippen LogP contribution >= 0.6 is 0 Å². The number of piperazine rings is 1. The van der Waals surface area contributed by atoms with E-state index in [9.17, 15) is 14.4 Å². The highest BCUT2D eigenvalue weighted by molar-refractivity contribution is 5.92. The first-order chi connectivity index (χ1) is 19.3. The third-order valence-electron chi connectivity index (χ3n) is 7.56. The first-order valence-corrected chi connectivity index (χ1v) is 13.9. The summed E-state index contributed by atoms with van der Waals surface area (Å²) >= 11 is 0. The van der Waals surface area contributed by atoms with Crippen molar-refractivity contribution < 1.29 is 14.4 Å². The minimum atomic E-state index is -0.796. The number of allylic oxidation sites excluding steroid dienone is 6.